The van der Waals surface area contributed by atoms with Crippen LogP contribution < -0.4 is 0 Å². The second kappa shape index (κ2) is 11.4. The van der Waals surface area contributed by atoms with Crippen LogP contribution in [0.2, 0.25) is 0 Å². The van der Waals surface area contributed by atoms with Crippen LogP contribution in [0.4, 0.5) is 0 Å². The molecule has 206 valence electrons. The summed E-state index contributed by atoms with van der Waals surface area (Å²) in [6, 6.07) is 0. The van der Waals surface area contributed by atoms with Crippen LogP contribution >= 0.6 is 0 Å². The van der Waals surface area contributed by atoms with E-state index in [2.05, 4.69) is 0 Å². The van der Waals surface area contributed by atoms with Crippen molar-refractivity contribution in [3.63, 3.8) is 0 Å². The predicted molar refractivity (Wildman–Crippen MR) is 102 cm³/mol. The molecule has 0 aromatic rings. The minimum atomic E-state index is -3.05. The lowest BCUT2D eigenvalue weighted by Crippen LogP contribution is -2.73. The quantitative estimate of drug-likeness (QED) is 0.139. The van der Waals surface area contributed by atoms with Crippen molar-refractivity contribution in [1.82, 2.24) is 0 Å². The van der Waals surface area contributed by atoms with Gasteiger partial charge < -0.3 is 85.0 Å². The summed E-state index contributed by atoms with van der Waals surface area (Å²) >= 11 is 0. The predicted octanol–water partition coefficient (Wildman–Crippen LogP) is -8.25. The molecule has 0 bridgehead atoms. The molecule has 3 aliphatic rings. The highest BCUT2D eigenvalue weighted by Gasteiger charge is 2.62. The molecule has 0 radical (unpaired) electrons. The van der Waals surface area contributed by atoms with Gasteiger partial charge >= 0.3 is 5.97 Å². The van der Waals surface area contributed by atoms with Gasteiger partial charge in [-0.25, -0.2) is 0 Å². The molecule has 3 saturated heterocycles. The van der Waals surface area contributed by atoms with Gasteiger partial charge in [-0.3, -0.25) is 0 Å². The van der Waals surface area contributed by atoms with Crippen molar-refractivity contribution in [2.24, 2.45) is 0 Å². The first-order chi connectivity index (χ1) is 16.4. The standard InChI is InChI=1S/C18H32O17/c19-1-4-7(22)10(25)15(28)18(33-4,34-13-5(2-20)31-16(29)11(26)8(13)23)35-14-6(3-21)32-17(30)12(27)9(14)24/h4-17,19-30H,1-3H2/t4-,5-,6-,7-,8-,9-,10+,11-,12-,13-,14-,15-,16-,17+,18?/m1/s1. The van der Waals surface area contributed by atoms with E-state index in [9.17, 15) is 61.3 Å². The molecule has 0 spiro atoms. The van der Waals surface area contributed by atoms with E-state index in [1.165, 1.54) is 0 Å². The van der Waals surface area contributed by atoms with Gasteiger partial charge in [0.25, 0.3) is 0 Å². The molecular weight excluding hydrogens is 488 g/mol. The molecule has 0 aromatic heterocycles. The Morgan fingerprint density at radius 2 is 0.914 bits per heavy atom. The van der Waals surface area contributed by atoms with E-state index in [0.717, 1.165) is 0 Å². The Hall–Kier alpha value is -0.680. The topological polar surface area (TPSA) is 289 Å². The zero-order valence-electron chi connectivity index (χ0n) is 18.1. The Morgan fingerprint density at radius 1 is 0.514 bits per heavy atom. The molecule has 0 aromatic carbocycles. The Labute approximate surface area is 197 Å². The lowest BCUT2D eigenvalue weighted by Gasteiger charge is -2.53. The van der Waals surface area contributed by atoms with Crippen LogP contribution in [0.25, 0.3) is 0 Å². The summed E-state index contributed by atoms with van der Waals surface area (Å²) in [7, 11) is 0. The average molecular weight is 520 g/mol. The van der Waals surface area contributed by atoms with E-state index >= 15 is 0 Å². The molecule has 3 rings (SSSR count). The highest BCUT2D eigenvalue weighted by atomic mass is 16.9. The van der Waals surface area contributed by atoms with Gasteiger partial charge in [0.2, 0.25) is 0 Å². The maximum Gasteiger partial charge on any atom is 0.314 e. The fraction of sp³-hybridized carbons (Fsp3) is 1.00. The second-order valence-corrected chi connectivity index (χ2v) is 8.49. The Kier molecular flexibility index (Phi) is 9.39. The van der Waals surface area contributed by atoms with Crippen molar-refractivity contribution in [2.45, 2.75) is 91.8 Å². The second-order valence-electron chi connectivity index (χ2n) is 8.49. The minimum Gasteiger partial charge on any atom is -0.394 e. The average Bonchev–Trinajstić information content (AvgIpc) is 2.85. The molecule has 3 fully saturated rings. The van der Waals surface area contributed by atoms with Crippen molar-refractivity contribution < 1.29 is 85.0 Å². The summed E-state index contributed by atoms with van der Waals surface area (Å²) in [6.07, 6.45) is -27.1. The van der Waals surface area contributed by atoms with Gasteiger partial charge in [-0.2, -0.15) is 0 Å². The number of aliphatic hydroxyl groups excluding tert-OH is 12. The third-order valence-electron chi connectivity index (χ3n) is 6.19. The molecule has 0 amide bonds. The van der Waals surface area contributed by atoms with Gasteiger partial charge in [0, 0.05) is 0 Å². The van der Waals surface area contributed by atoms with E-state index in [0.29, 0.717) is 0 Å². The van der Waals surface area contributed by atoms with Gasteiger partial charge in [0.1, 0.15) is 67.1 Å². The highest BCUT2D eigenvalue weighted by molar-refractivity contribution is 4.99. The smallest absolute Gasteiger partial charge is 0.314 e. The minimum absolute atomic E-state index is 0.925. The van der Waals surface area contributed by atoms with Gasteiger partial charge in [-0.1, -0.05) is 0 Å². The van der Waals surface area contributed by atoms with Crippen LogP contribution in [0.15, 0.2) is 0 Å². The Bertz CT molecular complexity index is 639. The van der Waals surface area contributed by atoms with Crippen LogP contribution in [-0.2, 0) is 23.7 Å². The van der Waals surface area contributed by atoms with Crippen molar-refractivity contribution in [2.75, 3.05) is 19.8 Å². The zero-order chi connectivity index (χ0) is 26.2. The van der Waals surface area contributed by atoms with Crippen molar-refractivity contribution in [1.29, 1.82) is 0 Å². The molecule has 15 atom stereocenters. The molecule has 12 N–H and O–H groups in total. The molecule has 3 heterocycles. The van der Waals surface area contributed by atoms with Gasteiger partial charge in [-0.15, -0.1) is 0 Å². The van der Waals surface area contributed by atoms with Crippen LogP contribution in [0, 0.1) is 0 Å². The molecule has 0 aliphatic carbocycles. The number of rotatable bonds is 7. The number of hydrogen-bond donors (Lipinski definition) is 12. The summed E-state index contributed by atoms with van der Waals surface area (Å²) in [5.74, 6) is -3.05. The molecule has 3 aliphatic heterocycles. The first kappa shape index (κ1) is 28.9. The monoisotopic (exact) mass is 520 g/mol. The Balaban J connectivity index is 2.02. The van der Waals surface area contributed by atoms with Crippen molar-refractivity contribution in [3.8, 4) is 0 Å². The van der Waals surface area contributed by atoms with Crippen molar-refractivity contribution >= 4 is 0 Å². The summed E-state index contributed by atoms with van der Waals surface area (Å²) in [5, 5.41) is 120. The van der Waals surface area contributed by atoms with Crippen molar-refractivity contribution in [3.05, 3.63) is 0 Å². The number of hydrogen-bond acceptors (Lipinski definition) is 17. The molecule has 17 heteroatoms. The lowest BCUT2D eigenvalue weighted by molar-refractivity contribution is -0.502. The number of ether oxygens (including phenoxy) is 5. The highest BCUT2D eigenvalue weighted by Crippen LogP contribution is 2.39. The van der Waals surface area contributed by atoms with Crippen LogP contribution in [0.1, 0.15) is 0 Å². The summed E-state index contributed by atoms with van der Waals surface area (Å²) in [4.78, 5) is 0. The zero-order valence-corrected chi connectivity index (χ0v) is 18.1. The normalized spacial score (nSPS) is 53.5. The first-order valence-electron chi connectivity index (χ1n) is 10.7. The maximum atomic E-state index is 10.8. The van der Waals surface area contributed by atoms with Gasteiger partial charge in [0.05, 0.1) is 19.8 Å². The summed E-state index contributed by atoms with van der Waals surface area (Å²) in [6.45, 7) is -2.83. The number of aliphatic hydroxyl groups is 12. The van der Waals surface area contributed by atoms with Gasteiger partial charge in [-0.05, 0) is 0 Å². The third kappa shape index (κ3) is 5.33. The molecule has 17 nitrogen and oxygen atoms in total. The molecule has 1 unspecified atom stereocenters. The summed E-state index contributed by atoms with van der Waals surface area (Å²) in [5.41, 5.74) is 0. The van der Waals surface area contributed by atoms with Crippen LogP contribution in [-0.4, -0.2) is 173 Å². The first-order valence-corrected chi connectivity index (χ1v) is 10.7. The largest absolute Gasteiger partial charge is 0.394 e. The van der Waals surface area contributed by atoms with E-state index in [-0.39, 0.29) is 0 Å². The molecule has 0 saturated carbocycles. The molecular formula is C18H32O17. The lowest BCUT2D eigenvalue weighted by atomic mass is 9.94. The van der Waals surface area contributed by atoms with E-state index in [1.807, 2.05) is 0 Å². The SMILES string of the molecule is OC[C@H]1OC(O[C@H]2[C@H](O)[C@@H](O)[C@H](O)O[C@@H]2CO)(O[C@H]2[C@H](O)[C@@H](O)[C@@H](O)O[C@@H]2CO)[C@H](O)[C@@H](O)[C@@H]1O. The summed E-state index contributed by atoms with van der Waals surface area (Å²) < 4.78 is 26.4. The third-order valence-corrected chi connectivity index (χ3v) is 6.19. The molecule has 35 heavy (non-hydrogen) atoms. The fourth-order valence-corrected chi connectivity index (χ4v) is 4.14. The Morgan fingerprint density at radius 3 is 1.29 bits per heavy atom. The maximum absolute atomic E-state index is 10.8. The van der Waals surface area contributed by atoms with Gasteiger partial charge in [0.15, 0.2) is 18.7 Å². The van der Waals surface area contributed by atoms with Crippen LogP contribution in [0.5, 0.6) is 0 Å². The van der Waals surface area contributed by atoms with E-state index in [4.69, 9.17) is 23.7 Å². The fourth-order valence-electron chi connectivity index (χ4n) is 4.14. The van der Waals surface area contributed by atoms with Crippen LogP contribution in [0.3, 0.4) is 0 Å². The van der Waals surface area contributed by atoms with E-state index < -0.39 is 112 Å². The van der Waals surface area contributed by atoms with E-state index in [1.54, 1.807) is 0 Å².